The molecule has 18 heavy (non-hydrogen) atoms. The van der Waals surface area contributed by atoms with Crippen molar-refractivity contribution in [1.82, 2.24) is 0 Å². The Kier molecular flexibility index (Phi) is 2.22. The summed E-state index contributed by atoms with van der Waals surface area (Å²) >= 11 is 0. The molecule has 0 amide bonds. The molecule has 1 aromatic rings. The summed E-state index contributed by atoms with van der Waals surface area (Å²) in [5, 5.41) is 9.12. The van der Waals surface area contributed by atoms with E-state index in [4.69, 9.17) is 5.11 Å². The van der Waals surface area contributed by atoms with E-state index in [2.05, 4.69) is 26.8 Å². The van der Waals surface area contributed by atoms with Crippen LogP contribution in [0.2, 0.25) is 0 Å². The van der Waals surface area contributed by atoms with E-state index in [0.29, 0.717) is 17.4 Å². The van der Waals surface area contributed by atoms with E-state index in [0.717, 1.165) is 5.56 Å². The number of allylic oxidation sites excluding steroid dienone is 2. The summed E-state index contributed by atoms with van der Waals surface area (Å²) in [4.78, 5) is 11.1. The summed E-state index contributed by atoms with van der Waals surface area (Å²) in [6.07, 6.45) is 3.45. The van der Waals surface area contributed by atoms with Gasteiger partial charge in [-0.2, -0.15) is 0 Å². The maximum absolute atomic E-state index is 11.1. The average Bonchev–Trinajstić information content (AvgIpc) is 2.31. The Balaban J connectivity index is 2.20. The van der Waals surface area contributed by atoms with Crippen molar-refractivity contribution in [3.05, 3.63) is 41.0 Å². The standard InChI is InChI=1S/C16H18O2/c1-9-6-11-12-7-10(15(17)18)4-5-14(12)16(2,3)8-13(9)11/h4-7,9,13H,8H2,1-3H3,(H,17,18). The van der Waals surface area contributed by atoms with Crippen molar-refractivity contribution in [1.29, 1.82) is 0 Å². The molecule has 0 radical (unpaired) electrons. The maximum atomic E-state index is 11.1. The normalized spacial score (nSPS) is 27.6. The summed E-state index contributed by atoms with van der Waals surface area (Å²) in [6, 6.07) is 5.58. The van der Waals surface area contributed by atoms with Crippen LogP contribution >= 0.6 is 0 Å². The smallest absolute Gasteiger partial charge is 0.335 e. The zero-order valence-electron chi connectivity index (χ0n) is 11.0. The van der Waals surface area contributed by atoms with Crippen LogP contribution in [0, 0.1) is 11.8 Å². The van der Waals surface area contributed by atoms with Gasteiger partial charge in [0.1, 0.15) is 0 Å². The van der Waals surface area contributed by atoms with Crippen molar-refractivity contribution < 1.29 is 9.90 Å². The Hall–Kier alpha value is -1.57. The number of hydrogen-bond acceptors (Lipinski definition) is 1. The molecule has 0 aromatic heterocycles. The van der Waals surface area contributed by atoms with Crippen LogP contribution in [0.5, 0.6) is 0 Å². The molecule has 2 unspecified atom stereocenters. The van der Waals surface area contributed by atoms with Gasteiger partial charge >= 0.3 is 5.97 Å². The fourth-order valence-electron chi connectivity index (χ4n) is 3.44. The van der Waals surface area contributed by atoms with Gasteiger partial charge in [0.15, 0.2) is 0 Å². The van der Waals surface area contributed by atoms with Crippen molar-refractivity contribution >= 4 is 11.5 Å². The number of carbonyl (C=O) groups is 1. The number of fused-ring (bicyclic) bond motifs is 3. The SMILES string of the molecule is CC1C=C2c3cc(C(=O)O)ccc3C(C)(C)CC21. The molecule has 2 atom stereocenters. The Labute approximate surface area is 107 Å². The van der Waals surface area contributed by atoms with Crippen molar-refractivity contribution in [2.75, 3.05) is 0 Å². The molecular weight excluding hydrogens is 224 g/mol. The van der Waals surface area contributed by atoms with Crippen LogP contribution in [0.4, 0.5) is 0 Å². The zero-order chi connectivity index (χ0) is 13.1. The average molecular weight is 242 g/mol. The second kappa shape index (κ2) is 3.47. The zero-order valence-corrected chi connectivity index (χ0v) is 11.0. The van der Waals surface area contributed by atoms with E-state index in [1.54, 1.807) is 6.07 Å². The molecular formula is C16H18O2. The second-order valence-electron chi connectivity index (χ2n) is 6.24. The van der Waals surface area contributed by atoms with Crippen molar-refractivity contribution in [3.63, 3.8) is 0 Å². The highest BCUT2D eigenvalue weighted by molar-refractivity contribution is 5.90. The molecule has 94 valence electrons. The van der Waals surface area contributed by atoms with E-state index in [9.17, 15) is 4.79 Å². The van der Waals surface area contributed by atoms with Crippen LogP contribution in [0.25, 0.3) is 5.57 Å². The Bertz CT molecular complexity index is 566. The molecule has 0 spiro atoms. The monoisotopic (exact) mass is 242 g/mol. The van der Waals surface area contributed by atoms with Gasteiger partial charge in [0.05, 0.1) is 5.56 Å². The minimum Gasteiger partial charge on any atom is -0.478 e. The van der Waals surface area contributed by atoms with E-state index < -0.39 is 5.97 Å². The predicted molar refractivity (Wildman–Crippen MR) is 71.7 cm³/mol. The van der Waals surface area contributed by atoms with E-state index in [-0.39, 0.29) is 5.41 Å². The molecule has 2 aliphatic rings. The minimum absolute atomic E-state index is 0.142. The van der Waals surface area contributed by atoms with Crippen LogP contribution in [-0.4, -0.2) is 11.1 Å². The van der Waals surface area contributed by atoms with Crippen LogP contribution in [-0.2, 0) is 5.41 Å². The number of carboxylic acids is 1. The molecule has 2 heteroatoms. The third-order valence-corrected chi connectivity index (χ3v) is 4.51. The van der Waals surface area contributed by atoms with Crippen LogP contribution in [0.15, 0.2) is 24.3 Å². The van der Waals surface area contributed by atoms with Gasteiger partial charge < -0.3 is 5.11 Å². The number of rotatable bonds is 1. The number of benzene rings is 1. The Morgan fingerprint density at radius 3 is 2.72 bits per heavy atom. The first-order valence-electron chi connectivity index (χ1n) is 6.50. The van der Waals surface area contributed by atoms with Crippen molar-refractivity contribution in [2.45, 2.75) is 32.6 Å². The van der Waals surface area contributed by atoms with Gasteiger partial charge in [-0.15, -0.1) is 0 Å². The van der Waals surface area contributed by atoms with Crippen molar-refractivity contribution in [2.24, 2.45) is 11.8 Å². The molecule has 1 N–H and O–H groups in total. The predicted octanol–water partition coefficient (Wildman–Crippen LogP) is 3.72. The number of aromatic carboxylic acids is 1. The molecule has 0 saturated heterocycles. The molecule has 0 fully saturated rings. The minimum atomic E-state index is -0.842. The van der Waals surface area contributed by atoms with Gasteiger partial charge in [-0.3, -0.25) is 0 Å². The molecule has 0 aliphatic heterocycles. The van der Waals surface area contributed by atoms with Gasteiger partial charge in [0.2, 0.25) is 0 Å². The van der Waals surface area contributed by atoms with E-state index in [1.165, 1.54) is 17.6 Å². The summed E-state index contributed by atoms with van der Waals surface area (Å²) in [5.74, 6) is 0.392. The molecule has 2 nitrogen and oxygen atoms in total. The first kappa shape index (κ1) is 11.5. The first-order valence-corrected chi connectivity index (χ1v) is 6.50. The third-order valence-electron chi connectivity index (χ3n) is 4.51. The van der Waals surface area contributed by atoms with Crippen molar-refractivity contribution in [3.8, 4) is 0 Å². The lowest BCUT2D eigenvalue weighted by molar-refractivity contribution is 0.0696. The van der Waals surface area contributed by atoms with Crippen LogP contribution in [0.1, 0.15) is 48.7 Å². The number of carboxylic acid groups (broad SMARTS) is 1. The molecule has 0 bridgehead atoms. The Morgan fingerprint density at radius 2 is 2.11 bits per heavy atom. The van der Waals surface area contributed by atoms with Gasteiger partial charge in [0, 0.05) is 0 Å². The summed E-state index contributed by atoms with van der Waals surface area (Å²) in [7, 11) is 0. The topological polar surface area (TPSA) is 37.3 Å². The van der Waals surface area contributed by atoms with Gasteiger partial charge in [-0.25, -0.2) is 4.79 Å². The quantitative estimate of drug-likeness (QED) is 0.815. The lowest BCUT2D eigenvalue weighted by Gasteiger charge is -2.46. The largest absolute Gasteiger partial charge is 0.478 e. The molecule has 1 aromatic carbocycles. The highest BCUT2D eigenvalue weighted by Gasteiger charge is 2.42. The molecule has 2 aliphatic carbocycles. The first-order chi connectivity index (χ1) is 8.40. The van der Waals surface area contributed by atoms with Gasteiger partial charge in [-0.05, 0) is 52.5 Å². The lowest BCUT2D eigenvalue weighted by Crippen LogP contribution is -2.36. The fourth-order valence-corrected chi connectivity index (χ4v) is 3.44. The summed E-state index contributed by atoms with van der Waals surface area (Å²) < 4.78 is 0. The highest BCUT2D eigenvalue weighted by Crippen LogP contribution is 2.53. The number of hydrogen-bond donors (Lipinski definition) is 1. The van der Waals surface area contributed by atoms with Crippen LogP contribution < -0.4 is 0 Å². The van der Waals surface area contributed by atoms with E-state index in [1.807, 2.05) is 12.1 Å². The summed E-state index contributed by atoms with van der Waals surface area (Å²) in [6.45, 7) is 6.76. The molecule has 3 rings (SSSR count). The second-order valence-corrected chi connectivity index (χ2v) is 6.24. The fraction of sp³-hybridized carbons (Fsp3) is 0.438. The molecule has 0 saturated carbocycles. The van der Waals surface area contributed by atoms with Gasteiger partial charge in [0.25, 0.3) is 0 Å². The van der Waals surface area contributed by atoms with E-state index >= 15 is 0 Å². The summed E-state index contributed by atoms with van der Waals surface area (Å²) in [5.41, 5.74) is 4.35. The molecule has 0 heterocycles. The maximum Gasteiger partial charge on any atom is 0.335 e. The third kappa shape index (κ3) is 1.45. The van der Waals surface area contributed by atoms with Crippen LogP contribution in [0.3, 0.4) is 0 Å². The Morgan fingerprint density at radius 1 is 1.39 bits per heavy atom. The lowest BCUT2D eigenvalue weighted by atomic mass is 9.58. The highest BCUT2D eigenvalue weighted by atomic mass is 16.4. The van der Waals surface area contributed by atoms with Gasteiger partial charge in [-0.1, -0.05) is 32.9 Å².